The van der Waals surface area contributed by atoms with Crippen LogP contribution in [0.5, 0.6) is 0 Å². The summed E-state index contributed by atoms with van der Waals surface area (Å²) in [6.07, 6.45) is 0. The van der Waals surface area contributed by atoms with Crippen molar-refractivity contribution in [3.05, 3.63) is 0 Å². The number of quaternary nitrogens is 1. The summed E-state index contributed by atoms with van der Waals surface area (Å²) < 4.78 is 0. The first-order chi connectivity index (χ1) is 2.27. The number of hydrogen-bond acceptors (Lipinski definition) is 2. The summed E-state index contributed by atoms with van der Waals surface area (Å²) in [5.41, 5.74) is 4.66. The second kappa shape index (κ2) is 4.68. The highest BCUT2D eigenvalue weighted by Crippen LogP contribution is 1.29. The molecule has 0 fully saturated rings. The Labute approximate surface area is 41.3 Å². The van der Waals surface area contributed by atoms with E-state index in [1.807, 2.05) is 0 Å². The van der Waals surface area contributed by atoms with Crippen LogP contribution in [0, 0.1) is 0 Å². The molecular weight excluding hydrogens is 107 g/mol. The maximum atomic E-state index is 9.47. The van der Waals surface area contributed by atoms with Gasteiger partial charge in [0.1, 0.15) is 0 Å². The zero-order valence-electron chi connectivity index (χ0n) is 3.07. The summed E-state index contributed by atoms with van der Waals surface area (Å²) in [5, 5.41) is 0. The van der Waals surface area contributed by atoms with E-state index in [9.17, 15) is 4.79 Å². The predicted molar refractivity (Wildman–Crippen MR) is 15.6 cm³/mol. The van der Waals surface area contributed by atoms with E-state index in [0.29, 0.717) is 0 Å². The molecule has 0 spiro atoms. The molecule has 0 unspecified atom stereocenters. The zero-order valence-corrected chi connectivity index (χ0v) is 3.83. The van der Waals surface area contributed by atoms with E-state index in [2.05, 4.69) is 11.6 Å². The largest absolute Gasteiger partial charge is 1.00 e. The number of urea groups is 1. The van der Waals surface area contributed by atoms with Gasteiger partial charge in [-0.3, -0.25) is 5.73 Å². The molecule has 0 aliphatic rings. The standard InChI is InChI=1S/CH5N3O.ClH/c2-1(5)4-3;/h3H2,(H3,2,4,5);1H/i1+2;. The first-order valence-corrected chi connectivity index (χ1v) is 1.10. The number of rotatable bonds is 0. The van der Waals surface area contributed by atoms with Crippen molar-refractivity contribution in [2.45, 2.75) is 0 Å². The van der Waals surface area contributed by atoms with E-state index in [-0.39, 0.29) is 12.4 Å². The van der Waals surface area contributed by atoms with Crippen molar-refractivity contribution in [1.82, 2.24) is 5.43 Å². The van der Waals surface area contributed by atoms with E-state index >= 15 is 0 Å². The van der Waals surface area contributed by atoms with E-state index in [0.717, 1.165) is 0 Å². The van der Waals surface area contributed by atoms with Gasteiger partial charge in [-0.1, -0.05) is 0 Å². The Morgan fingerprint density at radius 2 is 2.00 bits per heavy atom. The maximum absolute atomic E-state index is 9.47. The molecule has 38 valence electrons. The summed E-state index contributed by atoms with van der Waals surface area (Å²) in [6.45, 7) is 0. The summed E-state index contributed by atoms with van der Waals surface area (Å²) in [4.78, 5) is 9.47. The van der Waals surface area contributed by atoms with Crippen LogP contribution in [-0.4, -0.2) is 6.03 Å². The number of amides is 2. The maximum Gasteiger partial charge on any atom is 0.425 e. The Morgan fingerprint density at radius 1 is 1.83 bits per heavy atom. The predicted octanol–water partition coefficient (Wildman–Crippen LogP) is -5.18. The number of carbonyl (C=O) groups excluding carboxylic acids is 1. The highest BCUT2D eigenvalue weighted by molar-refractivity contribution is 5.60. The van der Waals surface area contributed by atoms with Crippen LogP contribution in [0.15, 0.2) is 0 Å². The second-order valence-corrected chi connectivity index (χ2v) is 0.568. The van der Waals surface area contributed by atoms with Gasteiger partial charge in [0.25, 0.3) is 0 Å². The van der Waals surface area contributed by atoms with Gasteiger partial charge in [0.05, 0.1) is 0 Å². The average Bonchev–Trinajstić information content (AvgIpc) is 1.38. The number of nitrogens with two attached hydrogens (primary N) is 1. The van der Waals surface area contributed by atoms with Gasteiger partial charge in [0, 0.05) is 0 Å². The SMILES string of the molecule is NN[14C]([NH3+])=O.[Cl-]. The van der Waals surface area contributed by atoms with Crippen molar-refractivity contribution in [3.8, 4) is 0 Å². The average molecular weight is 114 g/mol. The number of nitrogens with one attached hydrogen (secondary N) is 1. The minimum absolute atomic E-state index is 0. The number of halogens is 1. The van der Waals surface area contributed by atoms with Crippen LogP contribution in [-0.2, 0) is 0 Å². The van der Waals surface area contributed by atoms with E-state index in [4.69, 9.17) is 0 Å². The summed E-state index contributed by atoms with van der Waals surface area (Å²) in [6, 6.07) is -0.468. The van der Waals surface area contributed by atoms with Crippen LogP contribution in [0.1, 0.15) is 0 Å². The Balaban J connectivity index is 0. The highest BCUT2D eigenvalue weighted by Gasteiger charge is 1.80. The van der Waals surface area contributed by atoms with Gasteiger partial charge in [-0.15, -0.1) is 0 Å². The molecule has 0 aliphatic heterocycles. The minimum atomic E-state index is -0.468. The fourth-order valence-corrected chi connectivity index (χ4v) is 0. The normalized spacial score (nSPS) is 5.67. The lowest BCUT2D eigenvalue weighted by Gasteiger charge is -1.75. The molecule has 0 saturated heterocycles. The topological polar surface area (TPSA) is 82.8 Å². The lowest BCUT2D eigenvalue weighted by atomic mass is 12.3. The molecule has 0 saturated carbocycles. The number of carbonyl (C=O) groups is 1. The van der Waals surface area contributed by atoms with Gasteiger partial charge >= 0.3 is 6.03 Å². The fourth-order valence-electron chi connectivity index (χ4n) is 0. The molecule has 0 radical (unpaired) electrons. The summed E-state index contributed by atoms with van der Waals surface area (Å²) in [7, 11) is 0. The number of hydrazine groups is 1. The molecular formula is CH6ClN3O. The van der Waals surface area contributed by atoms with Crippen molar-refractivity contribution < 1.29 is 22.9 Å². The van der Waals surface area contributed by atoms with E-state index in [1.54, 1.807) is 5.43 Å². The first-order valence-electron chi connectivity index (χ1n) is 1.10. The smallest absolute Gasteiger partial charge is 0.425 e. The molecule has 0 bridgehead atoms. The van der Waals surface area contributed by atoms with Crippen molar-refractivity contribution in [2.24, 2.45) is 5.84 Å². The van der Waals surface area contributed by atoms with Crippen molar-refractivity contribution in [2.75, 3.05) is 0 Å². The van der Waals surface area contributed by atoms with Crippen molar-refractivity contribution in [1.29, 1.82) is 0 Å². The van der Waals surface area contributed by atoms with Gasteiger partial charge in [-0.2, -0.15) is 0 Å². The molecule has 6 N–H and O–H groups in total. The first kappa shape index (κ1) is 9.19. The Kier molecular flexibility index (Phi) is 7.17. The molecule has 0 aromatic rings. The molecule has 0 atom stereocenters. The molecule has 6 heavy (non-hydrogen) atoms. The van der Waals surface area contributed by atoms with Crippen LogP contribution >= 0.6 is 0 Å². The Bertz CT molecular complexity index is 46.1. The van der Waals surface area contributed by atoms with Gasteiger partial charge in [0.15, 0.2) is 0 Å². The third kappa shape index (κ3) is 9.36. The van der Waals surface area contributed by atoms with Gasteiger partial charge in [-0.05, 0) is 0 Å². The van der Waals surface area contributed by atoms with Crippen LogP contribution < -0.4 is 29.4 Å². The van der Waals surface area contributed by atoms with Crippen LogP contribution in [0.25, 0.3) is 0 Å². The lowest BCUT2D eigenvalue weighted by molar-refractivity contribution is -0.250. The molecule has 4 nitrogen and oxygen atoms in total. The molecule has 5 heteroatoms. The monoisotopic (exact) mass is 113 g/mol. The summed E-state index contributed by atoms with van der Waals surface area (Å²) >= 11 is 0. The highest BCUT2D eigenvalue weighted by atomic mass is 35.5. The lowest BCUT2D eigenvalue weighted by Crippen LogP contribution is -3.00. The van der Waals surface area contributed by atoms with Gasteiger partial charge in [-0.25, -0.2) is 16.1 Å². The van der Waals surface area contributed by atoms with Crippen LogP contribution in [0.2, 0.25) is 0 Å². The third-order valence-electron chi connectivity index (χ3n) is 0.161. The third-order valence-corrected chi connectivity index (χ3v) is 0.161. The van der Waals surface area contributed by atoms with Crippen molar-refractivity contribution in [3.63, 3.8) is 0 Å². The van der Waals surface area contributed by atoms with Crippen LogP contribution in [0.3, 0.4) is 0 Å². The molecule has 0 rings (SSSR count). The molecule has 0 aromatic carbocycles. The zero-order chi connectivity index (χ0) is 4.28. The van der Waals surface area contributed by atoms with E-state index in [1.165, 1.54) is 0 Å². The second-order valence-electron chi connectivity index (χ2n) is 0.568. The van der Waals surface area contributed by atoms with Crippen LogP contribution in [0.4, 0.5) is 4.79 Å². The molecule has 2 amide bonds. The Morgan fingerprint density at radius 3 is 2.00 bits per heavy atom. The number of hydrogen-bond donors (Lipinski definition) is 3. The summed E-state index contributed by atoms with van der Waals surface area (Å²) in [5.74, 6) is 4.51. The quantitative estimate of drug-likeness (QED) is 0.167. The molecule has 0 aromatic heterocycles. The van der Waals surface area contributed by atoms with Crippen molar-refractivity contribution >= 4 is 6.03 Å². The fraction of sp³-hybridized carbons (Fsp3) is 0. The Hall–Kier alpha value is -0.320. The molecule has 0 heterocycles. The van der Waals surface area contributed by atoms with Gasteiger partial charge in [0.2, 0.25) is 0 Å². The van der Waals surface area contributed by atoms with E-state index < -0.39 is 6.03 Å². The minimum Gasteiger partial charge on any atom is -1.00 e. The molecule has 0 aliphatic carbocycles. The van der Waals surface area contributed by atoms with Gasteiger partial charge < -0.3 is 12.4 Å².